The fourth-order valence-corrected chi connectivity index (χ4v) is 6.80. The number of rotatable bonds is 9. The van der Waals surface area contributed by atoms with Gasteiger partial charge in [0.1, 0.15) is 18.0 Å². The minimum atomic E-state index is -1.17. The van der Waals surface area contributed by atoms with Gasteiger partial charge in [0.15, 0.2) is 10.9 Å². The fraction of sp³-hybridized carbons (Fsp3) is 0.250. The minimum Gasteiger partial charge on any atom is -0.507 e. The maximum atomic E-state index is 13.8. The molecule has 5 aromatic carbocycles. The number of fused-ring (bicyclic) bond motifs is 1. The topological polar surface area (TPSA) is 191 Å². The highest BCUT2D eigenvalue weighted by atomic mass is 16.5. The van der Waals surface area contributed by atoms with Gasteiger partial charge in [0, 0.05) is 28.3 Å². The highest BCUT2D eigenvalue weighted by molar-refractivity contribution is 6.38. The first kappa shape index (κ1) is 28.1. The van der Waals surface area contributed by atoms with Crippen LogP contribution in [0.2, 0.25) is 0 Å². The maximum Gasteiger partial charge on any atom is 0.322 e. The second-order valence-corrected chi connectivity index (χ2v) is 10.8. The van der Waals surface area contributed by atoms with Crippen LogP contribution in [0.1, 0.15) is 41.2 Å². The van der Waals surface area contributed by atoms with E-state index in [4.69, 9.17) is 4.74 Å². The van der Waals surface area contributed by atoms with E-state index in [2.05, 4.69) is 5.32 Å². The van der Waals surface area contributed by atoms with Crippen molar-refractivity contribution >= 4 is 66.8 Å². The number of aliphatic hydroxyl groups is 2. The zero-order valence-electron chi connectivity index (χ0n) is 23.3. The molecule has 0 aromatic heterocycles. The van der Waals surface area contributed by atoms with Gasteiger partial charge >= 0.3 is 11.9 Å². The highest BCUT2D eigenvalue weighted by Gasteiger charge is 2.32. The Hall–Kier alpha value is -5.00. The third-order valence-corrected chi connectivity index (χ3v) is 8.31. The van der Waals surface area contributed by atoms with Crippen molar-refractivity contribution in [3.05, 3.63) is 66.0 Å². The Morgan fingerprint density at radius 3 is 2.02 bits per heavy atom. The summed E-state index contributed by atoms with van der Waals surface area (Å²) in [5.41, 5.74) is 1.58. The second kappa shape index (κ2) is 10.1. The largest absolute Gasteiger partial charge is 0.507 e. The molecule has 1 aliphatic carbocycles. The monoisotopic (exact) mass is 585 g/mol. The number of benzene rings is 5. The second-order valence-electron chi connectivity index (χ2n) is 10.8. The average Bonchev–Trinajstić information content (AvgIpc) is 3.11. The van der Waals surface area contributed by atoms with Crippen LogP contribution in [0.25, 0.3) is 49.2 Å². The van der Waals surface area contributed by atoms with Gasteiger partial charge in [0.05, 0.1) is 36.8 Å². The Bertz CT molecular complexity index is 2180. The Morgan fingerprint density at radius 1 is 0.860 bits per heavy atom. The molecule has 220 valence electrons. The van der Waals surface area contributed by atoms with E-state index in [1.165, 1.54) is 19.2 Å². The van der Waals surface area contributed by atoms with Crippen LogP contribution < -0.4 is 20.9 Å². The first-order valence-corrected chi connectivity index (χ1v) is 13.5. The molecule has 0 saturated carbocycles. The molecule has 11 heteroatoms. The zero-order valence-corrected chi connectivity index (χ0v) is 23.3. The van der Waals surface area contributed by atoms with Crippen LogP contribution in [-0.2, 0) is 35.6 Å². The van der Waals surface area contributed by atoms with Gasteiger partial charge in [-0.1, -0.05) is 11.6 Å². The molecule has 0 unspecified atom stereocenters. The molecule has 0 aliphatic heterocycles. The van der Waals surface area contributed by atoms with Crippen molar-refractivity contribution in [1.82, 2.24) is 0 Å². The summed E-state index contributed by atoms with van der Waals surface area (Å²) in [5.74, 6) is -2.41. The number of nitrogens with one attached hydrogen (secondary N) is 1. The van der Waals surface area contributed by atoms with Crippen molar-refractivity contribution in [2.24, 2.45) is 0 Å². The Balaban J connectivity index is 2.05. The number of phenols is 1. The van der Waals surface area contributed by atoms with Gasteiger partial charge < -0.3 is 35.6 Å². The molecule has 0 atom stereocenters. The molecule has 6 N–H and O–H groups in total. The fourth-order valence-electron chi connectivity index (χ4n) is 6.80. The lowest BCUT2D eigenvalue weighted by atomic mass is 9.80. The number of aromatic hydroxyl groups is 1. The average molecular weight is 586 g/mol. The number of phenolic OH excluding ortho intramolecular Hbond substituents is 1. The van der Waals surface area contributed by atoms with E-state index >= 15 is 0 Å². The molecular formula is C32H27NO10. The van der Waals surface area contributed by atoms with Crippen molar-refractivity contribution in [2.45, 2.75) is 39.4 Å². The molecule has 0 radical (unpaired) electrons. The quantitative estimate of drug-likeness (QED) is 0.110. The lowest BCUT2D eigenvalue weighted by molar-refractivity contribution is -0.137. The molecule has 5 aromatic rings. The molecule has 0 bridgehead atoms. The van der Waals surface area contributed by atoms with Gasteiger partial charge in [-0.25, -0.2) is 0 Å². The number of hydrogen-bond acceptors (Lipinski definition) is 9. The molecule has 0 heterocycles. The van der Waals surface area contributed by atoms with Crippen LogP contribution in [0.3, 0.4) is 0 Å². The van der Waals surface area contributed by atoms with E-state index in [1.54, 1.807) is 6.08 Å². The number of aliphatic carboxylic acids is 2. The van der Waals surface area contributed by atoms with Crippen LogP contribution >= 0.6 is 0 Å². The van der Waals surface area contributed by atoms with Crippen LogP contribution in [0.5, 0.6) is 11.5 Å². The SMILES string of the molecule is COc1c(NCC(=O)O)c2c(=O)cc(CO)c3c4c(CO)cc(=O)c5c(O)c(CCC(=O)O)c6c(c(c1CC(C)=C6)c23)c54. The number of methoxy groups -OCH3 is 1. The molecule has 0 saturated heterocycles. The number of aliphatic hydroxyl groups excluding tert-OH is 2. The highest BCUT2D eigenvalue weighted by Crippen LogP contribution is 2.53. The van der Waals surface area contributed by atoms with Crippen LogP contribution in [0.15, 0.2) is 27.3 Å². The Labute approximate surface area is 242 Å². The molecule has 43 heavy (non-hydrogen) atoms. The lowest BCUT2D eigenvalue weighted by Gasteiger charge is -2.25. The third-order valence-electron chi connectivity index (χ3n) is 8.31. The summed E-state index contributed by atoms with van der Waals surface area (Å²) in [5, 5.41) is 56.8. The minimum absolute atomic E-state index is 0.0637. The van der Waals surface area contributed by atoms with E-state index in [0.29, 0.717) is 43.4 Å². The van der Waals surface area contributed by atoms with Gasteiger partial charge in [-0.3, -0.25) is 19.2 Å². The molecule has 0 amide bonds. The summed E-state index contributed by atoms with van der Waals surface area (Å²) in [6.45, 7) is 0.176. The number of carboxylic acid groups (broad SMARTS) is 2. The summed E-state index contributed by atoms with van der Waals surface area (Å²) in [6.07, 6.45) is 1.65. The standard InChI is InChI=1S/C32H27NO10/c1-12-5-16-15(3-4-20(38)39)31(42)27-19(37)8-14(11-35)23-22-13(10-34)7-18(36)26-28(22)25(24(16)29(23)27)17(6-12)32(43-2)30(26)33-9-21(40)41/h5,7-8,33-35,42H,3-4,6,9-11H2,1-2H3,(H,38,39)(H,40,41). The van der Waals surface area contributed by atoms with E-state index in [0.717, 1.165) is 5.57 Å². The number of allylic oxidation sites excluding steroid dienone is 1. The summed E-state index contributed by atoms with van der Waals surface area (Å²) in [6, 6.07) is 2.43. The van der Waals surface area contributed by atoms with Gasteiger partial charge in [-0.05, 0) is 70.1 Å². The van der Waals surface area contributed by atoms with Crippen LogP contribution in [0, 0.1) is 0 Å². The predicted octanol–water partition coefficient (Wildman–Crippen LogP) is 3.07. The molecule has 6 rings (SSSR count). The predicted molar refractivity (Wildman–Crippen MR) is 161 cm³/mol. The van der Waals surface area contributed by atoms with Crippen molar-refractivity contribution < 1.29 is 39.9 Å². The summed E-state index contributed by atoms with van der Waals surface area (Å²) < 4.78 is 5.84. The maximum absolute atomic E-state index is 13.8. The number of hydrogen-bond donors (Lipinski definition) is 6. The van der Waals surface area contributed by atoms with Crippen molar-refractivity contribution in [1.29, 1.82) is 0 Å². The van der Waals surface area contributed by atoms with Gasteiger partial charge in [-0.2, -0.15) is 0 Å². The molecule has 1 aliphatic rings. The molecule has 0 spiro atoms. The molecule has 11 nitrogen and oxygen atoms in total. The number of carboxylic acids is 2. The van der Waals surface area contributed by atoms with E-state index in [-0.39, 0.29) is 63.9 Å². The van der Waals surface area contributed by atoms with Crippen LogP contribution in [-0.4, -0.2) is 51.1 Å². The normalized spacial score (nSPS) is 12.9. The molecule has 0 fully saturated rings. The summed E-state index contributed by atoms with van der Waals surface area (Å²) in [7, 11) is 1.40. The van der Waals surface area contributed by atoms with Gasteiger partial charge in [0.25, 0.3) is 0 Å². The third kappa shape index (κ3) is 3.96. The summed E-state index contributed by atoms with van der Waals surface area (Å²) >= 11 is 0. The Kier molecular flexibility index (Phi) is 6.59. The van der Waals surface area contributed by atoms with Crippen molar-refractivity contribution in [3.63, 3.8) is 0 Å². The smallest absolute Gasteiger partial charge is 0.322 e. The Morgan fingerprint density at radius 2 is 1.47 bits per heavy atom. The van der Waals surface area contributed by atoms with Crippen LogP contribution in [0.4, 0.5) is 5.69 Å². The van der Waals surface area contributed by atoms with E-state index in [9.17, 15) is 44.7 Å². The first-order valence-electron chi connectivity index (χ1n) is 13.5. The van der Waals surface area contributed by atoms with Crippen molar-refractivity contribution in [2.75, 3.05) is 19.0 Å². The zero-order chi connectivity index (χ0) is 30.9. The van der Waals surface area contributed by atoms with Crippen molar-refractivity contribution in [3.8, 4) is 11.5 Å². The lowest BCUT2D eigenvalue weighted by Crippen LogP contribution is -2.17. The van der Waals surface area contributed by atoms with Gasteiger partial charge in [-0.15, -0.1) is 0 Å². The number of ether oxygens (including phenoxy) is 1. The van der Waals surface area contributed by atoms with Gasteiger partial charge in [0.2, 0.25) is 0 Å². The number of anilines is 1. The first-order chi connectivity index (χ1) is 20.5. The molecular weight excluding hydrogens is 558 g/mol. The number of carbonyl (C=O) groups is 2. The van der Waals surface area contributed by atoms with E-state index in [1.807, 2.05) is 6.92 Å². The summed E-state index contributed by atoms with van der Waals surface area (Å²) in [4.78, 5) is 50.6. The van der Waals surface area contributed by atoms with E-state index < -0.39 is 42.6 Å².